The smallest absolute Gasteiger partial charge is 0.225 e. The number of amides is 1. The second-order valence-electron chi connectivity index (χ2n) is 8.66. The van der Waals surface area contributed by atoms with Crippen LogP contribution in [0.2, 0.25) is 5.02 Å². The molecule has 1 amide bonds. The van der Waals surface area contributed by atoms with E-state index in [9.17, 15) is 9.90 Å². The van der Waals surface area contributed by atoms with Gasteiger partial charge < -0.3 is 20.5 Å². The maximum Gasteiger partial charge on any atom is 0.225 e. The number of ether oxygens (including phenoxy) is 1. The SMILES string of the molecule is CNC(=O)[C@]1(C)CC[C@@H](Nc2ncc3c(Br)nn(-c4cc(Cl)cc(OCC(C)O)c4)c3n2)C1. The summed E-state index contributed by atoms with van der Waals surface area (Å²) in [7, 11) is 1.67. The van der Waals surface area contributed by atoms with Gasteiger partial charge in [-0.2, -0.15) is 10.1 Å². The number of nitrogens with one attached hydrogen (secondary N) is 2. The third-order valence-electron chi connectivity index (χ3n) is 5.82. The standard InChI is InChI=1S/C22H26BrClN6O3/c1-12(31)11-33-16-7-13(24)6-15(8-16)30-19-17(18(23)29-30)10-26-21(28-19)27-14-4-5-22(2,9-14)20(32)25-3/h6-8,10,12,14,31H,4-5,9,11H2,1-3H3,(H,25,32)(H,26,27,28)/t12?,14-,22-/m1/s1. The van der Waals surface area contributed by atoms with Crippen LogP contribution in [0.4, 0.5) is 5.95 Å². The van der Waals surface area contributed by atoms with E-state index < -0.39 is 11.5 Å². The van der Waals surface area contributed by atoms with Crippen molar-refractivity contribution in [2.24, 2.45) is 5.41 Å². The molecule has 1 fully saturated rings. The lowest BCUT2D eigenvalue weighted by atomic mass is 9.87. The predicted octanol–water partition coefficient (Wildman–Crippen LogP) is 3.71. The van der Waals surface area contributed by atoms with Crippen molar-refractivity contribution in [3.05, 3.63) is 34.0 Å². The quantitative estimate of drug-likeness (QED) is 0.421. The molecule has 3 aromatic rings. The van der Waals surface area contributed by atoms with E-state index in [4.69, 9.17) is 21.3 Å². The second-order valence-corrected chi connectivity index (χ2v) is 9.85. The summed E-state index contributed by atoms with van der Waals surface area (Å²) in [6.45, 7) is 3.78. The molecule has 3 N–H and O–H groups in total. The molecule has 11 heteroatoms. The number of nitrogens with zero attached hydrogens (tertiary/aromatic N) is 4. The van der Waals surface area contributed by atoms with Gasteiger partial charge in [0.15, 0.2) is 5.65 Å². The number of anilines is 1. The molecule has 0 spiro atoms. The fraction of sp³-hybridized carbons (Fsp3) is 0.455. The minimum absolute atomic E-state index is 0.0553. The number of hydrogen-bond acceptors (Lipinski definition) is 7. The van der Waals surface area contributed by atoms with Crippen molar-refractivity contribution in [2.45, 2.75) is 45.3 Å². The molecule has 2 aromatic heterocycles. The average molecular weight is 538 g/mol. The molecule has 176 valence electrons. The van der Waals surface area contributed by atoms with Gasteiger partial charge in [0.25, 0.3) is 0 Å². The van der Waals surface area contributed by atoms with E-state index in [2.05, 4.69) is 36.6 Å². The summed E-state index contributed by atoms with van der Waals surface area (Å²) < 4.78 is 7.89. The number of carbonyl (C=O) groups is 1. The van der Waals surface area contributed by atoms with Crippen LogP contribution >= 0.6 is 27.5 Å². The molecule has 0 aliphatic heterocycles. The summed E-state index contributed by atoms with van der Waals surface area (Å²) in [5.41, 5.74) is 0.858. The highest BCUT2D eigenvalue weighted by atomic mass is 79.9. The number of aromatic nitrogens is 4. The lowest BCUT2D eigenvalue weighted by Gasteiger charge is -2.22. The van der Waals surface area contributed by atoms with Crippen molar-refractivity contribution in [2.75, 3.05) is 19.0 Å². The van der Waals surface area contributed by atoms with E-state index in [1.54, 1.807) is 43.0 Å². The van der Waals surface area contributed by atoms with E-state index in [1.807, 2.05) is 6.92 Å². The highest BCUT2D eigenvalue weighted by molar-refractivity contribution is 9.10. The number of benzene rings is 1. The summed E-state index contributed by atoms with van der Waals surface area (Å²) in [6, 6.07) is 5.32. The number of rotatable bonds is 7. The van der Waals surface area contributed by atoms with Gasteiger partial charge in [0.1, 0.15) is 17.0 Å². The Hall–Kier alpha value is -2.43. The number of halogens is 2. The summed E-state index contributed by atoms with van der Waals surface area (Å²) >= 11 is 9.79. The van der Waals surface area contributed by atoms with Gasteiger partial charge in [0, 0.05) is 35.8 Å². The second kappa shape index (κ2) is 9.44. The third-order valence-corrected chi connectivity index (χ3v) is 6.63. The van der Waals surface area contributed by atoms with E-state index in [-0.39, 0.29) is 18.6 Å². The Balaban J connectivity index is 1.63. The Labute approximate surface area is 205 Å². The fourth-order valence-electron chi connectivity index (χ4n) is 4.14. The largest absolute Gasteiger partial charge is 0.491 e. The minimum atomic E-state index is -0.602. The van der Waals surface area contributed by atoms with Crippen molar-refractivity contribution in [1.29, 1.82) is 0 Å². The van der Waals surface area contributed by atoms with Crippen LogP contribution < -0.4 is 15.4 Å². The molecule has 1 unspecified atom stereocenters. The molecule has 0 saturated heterocycles. The third kappa shape index (κ3) is 5.07. The van der Waals surface area contributed by atoms with E-state index in [0.717, 1.165) is 18.2 Å². The van der Waals surface area contributed by atoms with Gasteiger partial charge in [0.05, 0.1) is 17.2 Å². The number of aliphatic hydroxyl groups excluding tert-OH is 1. The average Bonchev–Trinajstić information content (AvgIpc) is 3.31. The summed E-state index contributed by atoms with van der Waals surface area (Å²) in [4.78, 5) is 21.4. The fourth-order valence-corrected chi connectivity index (χ4v) is 4.80. The van der Waals surface area contributed by atoms with Gasteiger partial charge >= 0.3 is 0 Å². The normalized spacial score (nSPS) is 21.2. The van der Waals surface area contributed by atoms with Crippen LogP contribution in [0.5, 0.6) is 5.75 Å². The number of carbonyl (C=O) groups excluding carboxylic acids is 1. The molecule has 1 aliphatic rings. The van der Waals surface area contributed by atoms with Crippen LogP contribution in [0.3, 0.4) is 0 Å². The first-order valence-electron chi connectivity index (χ1n) is 10.7. The van der Waals surface area contributed by atoms with Crippen LogP contribution in [0.1, 0.15) is 33.1 Å². The van der Waals surface area contributed by atoms with E-state index >= 15 is 0 Å². The Kier molecular flexibility index (Phi) is 6.78. The topological polar surface area (TPSA) is 114 Å². The summed E-state index contributed by atoms with van der Waals surface area (Å²) in [6.07, 6.45) is 3.46. The summed E-state index contributed by atoms with van der Waals surface area (Å²) in [5, 5.41) is 21.4. The Morgan fingerprint density at radius 1 is 1.45 bits per heavy atom. The van der Waals surface area contributed by atoms with E-state index in [0.29, 0.717) is 39.1 Å². The molecule has 3 atom stereocenters. The van der Waals surface area contributed by atoms with Gasteiger partial charge in [-0.15, -0.1) is 0 Å². The number of hydrogen-bond donors (Lipinski definition) is 3. The number of fused-ring (bicyclic) bond motifs is 1. The maximum atomic E-state index is 12.2. The molecule has 4 rings (SSSR count). The van der Waals surface area contributed by atoms with Gasteiger partial charge in [-0.25, -0.2) is 9.67 Å². The van der Waals surface area contributed by atoms with Crippen LogP contribution in [0, 0.1) is 5.41 Å². The van der Waals surface area contributed by atoms with Crippen LogP contribution in [0.15, 0.2) is 29.0 Å². The van der Waals surface area contributed by atoms with Gasteiger partial charge in [-0.05, 0) is 54.2 Å². The molecular formula is C22H26BrClN6O3. The van der Waals surface area contributed by atoms with Crippen LogP contribution in [-0.4, -0.2) is 56.6 Å². The van der Waals surface area contributed by atoms with Crippen molar-refractivity contribution < 1.29 is 14.6 Å². The molecule has 33 heavy (non-hydrogen) atoms. The van der Waals surface area contributed by atoms with Crippen molar-refractivity contribution >= 4 is 50.4 Å². The molecule has 1 aliphatic carbocycles. The summed E-state index contributed by atoms with van der Waals surface area (Å²) in [5.74, 6) is 1.04. The highest BCUT2D eigenvalue weighted by Gasteiger charge is 2.40. The Bertz CT molecular complexity index is 1190. The van der Waals surface area contributed by atoms with Gasteiger partial charge in [-0.3, -0.25) is 4.79 Å². The van der Waals surface area contributed by atoms with Gasteiger partial charge in [0.2, 0.25) is 11.9 Å². The first-order valence-corrected chi connectivity index (χ1v) is 11.9. The molecule has 1 aromatic carbocycles. The minimum Gasteiger partial charge on any atom is -0.491 e. The van der Waals surface area contributed by atoms with Crippen molar-refractivity contribution in [3.8, 4) is 11.4 Å². The molecular weight excluding hydrogens is 512 g/mol. The van der Waals surface area contributed by atoms with E-state index in [1.165, 1.54) is 0 Å². The zero-order valence-corrected chi connectivity index (χ0v) is 20.9. The first kappa shape index (κ1) is 23.7. The van der Waals surface area contributed by atoms with Crippen molar-refractivity contribution in [3.63, 3.8) is 0 Å². The molecule has 2 heterocycles. The zero-order chi connectivity index (χ0) is 23.8. The molecule has 0 radical (unpaired) electrons. The molecule has 1 saturated carbocycles. The molecule has 9 nitrogen and oxygen atoms in total. The Morgan fingerprint density at radius 3 is 2.97 bits per heavy atom. The lowest BCUT2D eigenvalue weighted by molar-refractivity contribution is -0.129. The first-order chi connectivity index (χ1) is 15.7. The Morgan fingerprint density at radius 2 is 2.24 bits per heavy atom. The van der Waals surface area contributed by atoms with Crippen molar-refractivity contribution in [1.82, 2.24) is 25.1 Å². The maximum absolute atomic E-state index is 12.2. The van der Waals surface area contributed by atoms with Crippen LogP contribution in [0.25, 0.3) is 16.7 Å². The van der Waals surface area contributed by atoms with Crippen LogP contribution in [-0.2, 0) is 4.79 Å². The molecule has 0 bridgehead atoms. The van der Waals surface area contributed by atoms with Gasteiger partial charge in [-0.1, -0.05) is 18.5 Å². The highest BCUT2D eigenvalue weighted by Crippen LogP contribution is 2.39. The monoisotopic (exact) mass is 536 g/mol. The lowest BCUT2D eigenvalue weighted by Crippen LogP contribution is -2.35. The number of aliphatic hydroxyl groups is 1. The predicted molar refractivity (Wildman–Crippen MR) is 130 cm³/mol. The zero-order valence-electron chi connectivity index (χ0n) is 18.6.